The first-order valence-electron chi connectivity index (χ1n) is 6.81. The maximum atomic E-state index is 5.81. The zero-order chi connectivity index (χ0) is 14.7. The van der Waals surface area contributed by atoms with Crippen molar-refractivity contribution in [1.29, 1.82) is 0 Å². The molecule has 0 unspecified atom stereocenters. The van der Waals surface area contributed by atoms with Crippen molar-refractivity contribution in [2.45, 2.75) is 13.5 Å². The van der Waals surface area contributed by atoms with Crippen molar-refractivity contribution in [2.75, 3.05) is 5.73 Å². The van der Waals surface area contributed by atoms with Crippen molar-refractivity contribution in [3.63, 3.8) is 0 Å². The number of aryl methyl sites for hydroxylation is 1. The van der Waals surface area contributed by atoms with Crippen molar-refractivity contribution in [2.24, 2.45) is 0 Å². The molecule has 3 rings (SSSR count). The van der Waals surface area contributed by atoms with Crippen LogP contribution in [0.4, 0.5) is 5.69 Å². The van der Waals surface area contributed by atoms with Gasteiger partial charge in [-0.05, 0) is 36.8 Å². The normalized spacial score (nSPS) is 10.5. The van der Waals surface area contributed by atoms with Crippen LogP contribution in [0.3, 0.4) is 0 Å². The van der Waals surface area contributed by atoms with Crippen LogP contribution >= 0.6 is 0 Å². The maximum absolute atomic E-state index is 5.81. The summed E-state index contributed by atoms with van der Waals surface area (Å²) < 4.78 is 7.53. The first kappa shape index (κ1) is 13.2. The topological polar surface area (TPSA) is 53.1 Å². The summed E-state index contributed by atoms with van der Waals surface area (Å²) in [5.74, 6) is 0.833. The zero-order valence-corrected chi connectivity index (χ0v) is 11.9. The second-order valence-electron chi connectivity index (χ2n) is 4.88. The number of aromatic nitrogens is 2. The minimum absolute atomic E-state index is 0.564. The highest BCUT2D eigenvalue weighted by Gasteiger charge is 2.03. The summed E-state index contributed by atoms with van der Waals surface area (Å²) in [5, 5.41) is 4.35. The van der Waals surface area contributed by atoms with E-state index < -0.39 is 0 Å². The third-order valence-electron chi connectivity index (χ3n) is 3.29. The molecule has 1 aromatic heterocycles. The van der Waals surface area contributed by atoms with Crippen LogP contribution in [0.15, 0.2) is 60.8 Å². The molecule has 0 spiro atoms. The SMILES string of the molecule is Cc1nn(-c2ccc(OCc3ccccc3)cc2)cc1N. The predicted molar refractivity (Wildman–Crippen MR) is 83.5 cm³/mol. The summed E-state index contributed by atoms with van der Waals surface area (Å²) in [7, 11) is 0. The fourth-order valence-electron chi connectivity index (χ4n) is 2.04. The van der Waals surface area contributed by atoms with E-state index in [9.17, 15) is 0 Å². The Labute approximate surface area is 123 Å². The van der Waals surface area contributed by atoms with Gasteiger partial charge in [0.2, 0.25) is 0 Å². The maximum Gasteiger partial charge on any atom is 0.119 e. The summed E-state index contributed by atoms with van der Waals surface area (Å²) in [6, 6.07) is 17.9. The van der Waals surface area contributed by atoms with E-state index in [1.54, 1.807) is 4.68 Å². The number of benzene rings is 2. The van der Waals surface area contributed by atoms with E-state index in [0.717, 1.165) is 22.7 Å². The molecule has 4 heteroatoms. The lowest BCUT2D eigenvalue weighted by Gasteiger charge is -2.07. The molecule has 21 heavy (non-hydrogen) atoms. The Morgan fingerprint density at radius 1 is 1.05 bits per heavy atom. The fraction of sp³-hybridized carbons (Fsp3) is 0.118. The number of ether oxygens (including phenoxy) is 1. The Kier molecular flexibility index (Phi) is 3.60. The largest absolute Gasteiger partial charge is 0.489 e. The Morgan fingerprint density at radius 2 is 1.76 bits per heavy atom. The standard InChI is InChI=1S/C17H17N3O/c1-13-17(18)11-20(19-13)15-7-9-16(10-8-15)21-12-14-5-3-2-4-6-14/h2-11H,12,18H2,1H3. The average molecular weight is 279 g/mol. The van der Waals surface area contributed by atoms with Crippen LogP contribution in [0.25, 0.3) is 5.69 Å². The van der Waals surface area contributed by atoms with Gasteiger partial charge in [0, 0.05) is 0 Å². The molecule has 0 fully saturated rings. The van der Waals surface area contributed by atoms with E-state index in [-0.39, 0.29) is 0 Å². The molecule has 1 heterocycles. The molecule has 0 saturated heterocycles. The molecule has 0 aliphatic heterocycles. The van der Waals surface area contributed by atoms with Crippen LogP contribution in [0.1, 0.15) is 11.3 Å². The highest BCUT2D eigenvalue weighted by Crippen LogP contribution is 2.18. The van der Waals surface area contributed by atoms with E-state index >= 15 is 0 Å². The molecule has 4 nitrogen and oxygen atoms in total. The van der Waals surface area contributed by atoms with Gasteiger partial charge in [0.15, 0.2) is 0 Å². The van der Waals surface area contributed by atoms with Crippen LogP contribution in [0.2, 0.25) is 0 Å². The van der Waals surface area contributed by atoms with Gasteiger partial charge in [-0.1, -0.05) is 30.3 Å². The van der Waals surface area contributed by atoms with Gasteiger partial charge >= 0.3 is 0 Å². The number of anilines is 1. The highest BCUT2D eigenvalue weighted by molar-refractivity contribution is 5.44. The number of nitrogen functional groups attached to an aromatic ring is 1. The van der Waals surface area contributed by atoms with Crippen LogP contribution in [0.5, 0.6) is 5.75 Å². The van der Waals surface area contributed by atoms with Crippen LogP contribution in [0, 0.1) is 6.92 Å². The third kappa shape index (κ3) is 3.05. The minimum atomic E-state index is 0.564. The van der Waals surface area contributed by atoms with Gasteiger partial charge in [0.1, 0.15) is 12.4 Å². The summed E-state index contributed by atoms with van der Waals surface area (Å²) in [4.78, 5) is 0. The average Bonchev–Trinajstić information content (AvgIpc) is 2.86. The monoisotopic (exact) mass is 279 g/mol. The van der Waals surface area contributed by atoms with E-state index in [1.807, 2.05) is 67.7 Å². The molecule has 0 amide bonds. The summed E-state index contributed by atoms with van der Waals surface area (Å²) in [6.45, 7) is 2.46. The van der Waals surface area contributed by atoms with Crippen molar-refractivity contribution < 1.29 is 4.74 Å². The molecule has 0 aliphatic carbocycles. The second kappa shape index (κ2) is 5.71. The number of nitrogens with zero attached hydrogens (tertiary/aromatic N) is 2. The van der Waals surface area contributed by atoms with Gasteiger partial charge in [-0.3, -0.25) is 0 Å². The molecule has 0 saturated carbocycles. The highest BCUT2D eigenvalue weighted by atomic mass is 16.5. The van der Waals surface area contributed by atoms with Gasteiger partial charge in [0.05, 0.1) is 23.3 Å². The quantitative estimate of drug-likeness (QED) is 0.797. The summed E-state index contributed by atoms with van der Waals surface area (Å²) in [6.07, 6.45) is 1.81. The lowest BCUT2D eigenvalue weighted by atomic mass is 10.2. The number of nitrogens with two attached hydrogens (primary N) is 1. The van der Waals surface area contributed by atoms with Crippen molar-refractivity contribution in [3.8, 4) is 11.4 Å². The summed E-state index contributed by atoms with van der Waals surface area (Å²) >= 11 is 0. The number of hydrogen-bond acceptors (Lipinski definition) is 3. The zero-order valence-electron chi connectivity index (χ0n) is 11.9. The molecular weight excluding hydrogens is 262 g/mol. The van der Waals surface area contributed by atoms with Crippen LogP contribution in [-0.2, 0) is 6.61 Å². The van der Waals surface area contributed by atoms with Crippen LogP contribution in [-0.4, -0.2) is 9.78 Å². The smallest absolute Gasteiger partial charge is 0.119 e. The van der Waals surface area contributed by atoms with E-state index in [1.165, 1.54) is 0 Å². The second-order valence-corrected chi connectivity index (χ2v) is 4.88. The Balaban J connectivity index is 1.69. The van der Waals surface area contributed by atoms with Gasteiger partial charge in [-0.15, -0.1) is 0 Å². The summed E-state index contributed by atoms with van der Waals surface area (Å²) in [5.41, 5.74) is 9.45. The minimum Gasteiger partial charge on any atom is -0.489 e. The predicted octanol–water partition coefficient (Wildman–Crippen LogP) is 3.34. The Morgan fingerprint density at radius 3 is 2.38 bits per heavy atom. The van der Waals surface area contributed by atoms with Crippen molar-refractivity contribution >= 4 is 5.69 Å². The van der Waals surface area contributed by atoms with Crippen molar-refractivity contribution in [1.82, 2.24) is 9.78 Å². The molecule has 0 atom stereocenters. The van der Waals surface area contributed by atoms with E-state index in [2.05, 4.69) is 5.10 Å². The first-order chi connectivity index (χ1) is 10.2. The molecule has 106 valence electrons. The van der Waals surface area contributed by atoms with Gasteiger partial charge in [-0.25, -0.2) is 4.68 Å². The van der Waals surface area contributed by atoms with E-state index in [4.69, 9.17) is 10.5 Å². The number of hydrogen-bond donors (Lipinski definition) is 1. The first-order valence-corrected chi connectivity index (χ1v) is 6.81. The third-order valence-corrected chi connectivity index (χ3v) is 3.29. The van der Waals surface area contributed by atoms with Crippen molar-refractivity contribution in [3.05, 3.63) is 72.1 Å². The van der Waals surface area contributed by atoms with Crippen LogP contribution < -0.4 is 10.5 Å². The van der Waals surface area contributed by atoms with Gasteiger partial charge in [-0.2, -0.15) is 5.10 Å². The molecule has 3 aromatic rings. The number of rotatable bonds is 4. The van der Waals surface area contributed by atoms with Gasteiger partial charge in [0.25, 0.3) is 0 Å². The molecular formula is C17H17N3O. The lowest BCUT2D eigenvalue weighted by Crippen LogP contribution is -1.97. The molecule has 2 aromatic carbocycles. The molecule has 2 N–H and O–H groups in total. The fourth-order valence-corrected chi connectivity index (χ4v) is 2.04. The Hall–Kier alpha value is -2.75. The Bertz CT molecular complexity index is 698. The molecule has 0 aliphatic rings. The van der Waals surface area contributed by atoms with Gasteiger partial charge < -0.3 is 10.5 Å². The van der Waals surface area contributed by atoms with E-state index in [0.29, 0.717) is 12.3 Å². The molecule has 0 bridgehead atoms. The molecule has 0 radical (unpaired) electrons. The lowest BCUT2D eigenvalue weighted by molar-refractivity contribution is 0.306.